The minimum atomic E-state index is -3.74. The number of benzene rings is 2. The van der Waals surface area contributed by atoms with Crippen molar-refractivity contribution in [2.45, 2.75) is 11.8 Å². The number of aryl methyl sites for hydroxylation is 1. The molecule has 6 nitrogen and oxygen atoms in total. The van der Waals surface area contributed by atoms with Crippen LogP contribution in [0.1, 0.15) is 5.56 Å². The Hall–Kier alpha value is -1.90. The van der Waals surface area contributed by atoms with E-state index in [-0.39, 0.29) is 17.4 Å². The van der Waals surface area contributed by atoms with Gasteiger partial charge in [-0.25, -0.2) is 13.6 Å². The zero-order chi connectivity index (χ0) is 17.0. The number of hydrogen-bond donors (Lipinski definition) is 2. The fourth-order valence-corrected chi connectivity index (χ4v) is 2.54. The molecule has 23 heavy (non-hydrogen) atoms. The first-order valence-electron chi connectivity index (χ1n) is 6.57. The molecule has 2 aromatic carbocycles. The number of ether oxygens (including phenoxy) is 1. The van der Waals surface area contributed by atoms with Crippen LogP contribution in [0.3, 0.4) is 0 Å². The second kappa shape index (κ2) is 7.12. The van der Waals surface area contributed by atoms with Crippen molar-refractivity contribution in [2.24, 2.45) is 5.14 Å². The summed E-state index contributed by atoms with van der Waals surface area (Å²) < 4.78 is 28.7. The van der Waals surface area contributed by atoms with Crippen LogP contribution < -0.4 is 15.2 Å². The molecule has 0 radical (unpaired) electrons. The van der Waals surface area contributed by atoms with Gasteiger partial charge in [0.15, 0.2) is 6.61 Å². The van der Waals surface area contributed by atoms with Crippen molar-refractivity contribution in [3.8, 4) is 5.75 Å². The van der Waals surface area contributed by atoms with Gasteiger partial charge in [-0.1, -0.05) is 15.9 Å². The van der Waals surface area contributed by atoms with Gasteiger partial charge in [0, 0.05) is 10.2 Å². The summed E-state index contributed by atoms with van der Waals surface area (Å²) in [7, 11) is -3.74. The highest BCUT2D eigenvalue weighted by Crippen LogP contribution is 2.21. The van der Waals surface area contributed by atoms with E-state index in [0.717, 1.165) is 10.0 Å². The van der Waals surface area contributed by atoms with Crippen molar-refractivity contribution in [1.29, 1.82) is 0 Å². The van der Waals surface area contributed by atoms with E-state index in [2.05, 4.69) is 21.2 Å². The van der Waals surface area contributed by atoms with Gasteiger partial charge in [-0.05, 0) is 55.0 Å². The van der Waals surface area contributed by atoms with Crippen molar-refractivity contribution in [3.05, 3.63) is 52.5 Å². The molecule has 0 fully saturated rings. The van der Waals surface area contributed by atoms with E-state index in [1.807, 2.05) is 19.1 Å². The zero-order valence-corrected chi connectivity index (χ0v) is 14.6. The Balaban J connectivity index is 1.93. The summed E-state index contributed by atoms with van der Waals surface area (Å²) in [5, 5.41) is 7.61. The normalized spacial score (nSPS) is 11.1. The molecule has 0 unspecified atom stereocenters. The lowest BCUT2D eigenvalue weighted by atomic mass is 10.2. The van der Waals surface area contributed by atoms with Gasteiger partial charge in [0.25, 0.3) is 5.91 Å². The Morgan fingerprint density at radius 3 is 2.43 bits per heavy atom. The Morgan fingerprint density at radius 2 is 1.87 bits per heavy atom. The number of anilines is 1. The average Bonchev–Trinajstić information content (AvgIpc) is 2.48. The lowest BCUT2D eigenvalue weighted by Gasteiger charge is -2.09. The number of halogens is 1. The van der Waals surface area contributed by atoms with Crippen LogP contribution >= 0.6 is 15.9 Å². The van der Waals surface area contributed by atoms with Gasteiger partial charge < -0.3 is 10.1 Å². The minimum Gasteiger partial charge on any atom is -0.484 e. The molecule has 0 spiro atoms. The number of carbonyl (C=O) groups is 1. The van der Waals surface area contributed by atoms with Crippen LogP contribution in [0.25, 0.3) is 0 Å². The molecule has 122 valence electrons. The summed E-state index contributed by atoms with van der Waals surface area (Å²) in [4.78, 5) is 11.8. The van der Waals surface area contributed by atoms with Crippen LogP contribution in [-0.2, 0) is 14.8 Å². The summed E-state index contributed by atoms with van der Waals surface area (Å²) in [6, 6.07) is 11.0. The number of amides is 1. The Morgan fingerprint density at radius 1 is 1.22 bits per heavy atom. The maximum atomic E-state index is 11.8. The fraction of sp³-hybridized carbons (Fsp3) is 0.133. The van der Waals surface area contributed by atoms with Gasteiger partial charge in [-0.2, -0.15) is 0 Å². The summed E-state index contributed by atoms with van der Waals surface area (Å²) >= 11 is 3.39. The molecule has 0 saturated carbocycles. The van der Waals surface area contributed by atoms with E-state index in [1.54, 1.807) is 6.07 Å². The SMILES string of the molecule is Cc1cc(OCC(=O)Nc2ccc(S(N)(=O)=O)cc2)ccc1Br. The first kappa shape index (κ1) is 17.5. The topological polar surface area (TPSA) is 98.5 Å². The molecular formula is C15H15BrN2O4S. The molecule has 2 rings (SSSR count). The Kier molecular flexibility index (Phi) is 5.40. The molecule has 2 aromatic rings. The Labute approximate surface area is 142 Å². The van der Waals surface area contributed by atoms with E-state index in [0.29, 0.717) is 11.4 Å². The number of primary sulfonamides is 1. The highest BCUT2D eigenvalue weighted by molar-refractivity contribution is 9.10. The van der Waals surface area contributed by atoms with Crippen LogP contribution in [0.15, 0.2) is 51.8 Å². The van der Waals surface area contributed by atoms with E-state index >= 15 is 0 Å². The van der Waals surface area contributed by atoms with Crippen molar-refractivity contribution in [2.75, 3.05) is 11.9 Å². The lowest BCUT2D eigenvalue weighted by Crippen LogP contribution is -2.20. The van der Waals surface area contributed by atoms with Gasteiger partial charge >= 0.3 is 0 Å². The van der Waals surface area contributed by atoms with Gasteiger partial charge in [0.05, 0.1) is 4.90 Å². The smallest absolute Gasteiger partial charge is 0.262 e. The standard InChI is InChI=1S/C15H15BrN2O4S/c1-10-8-12(4-7-14(10)16)22-9-15(19)18-11-2-5-13(6-3-11)23(17,20)21/h2-8H,9H2,1H3,(H,18,19)(H2,17,20,21). The third-order valence-electron chi connectivity index (χ3n) is 2.97. The molecule has 0 aliphatic rings. The van der Waals surface area contributed by atoms with E-state index in [9.17, 15) is 13.2 Å². The number of nitrogens with two attached hydrogens (primary N) is 1. The summed E-state index contributed by atoms with van der Waals surface area (Å²) in [6.45, 7) is 1.77. The first-order chi connectivity index (χ1) is 10.8. The van der Waals surface area contributed by atoms with Gasteiger partial charge in [0.1, 0.15) is 5.75 Å². The molecule has 0 saturated heterocycles. The monoisotopic (exact) mass is 398 g/mol. The first-order valence-corrected chi connectivity index (χ1v) is 8.91. The molecule has 1 amide bonds. The molecule has 0 atom stereocenters. The second-order valence-corrected chi connectivity index (χ2v) is 7.23. The summed E-state index contributed by atoms with van der Waals surface area (Å²) in [6.07, 6.45) is 0. The fourth-order valence-electron chi connectivity index (χ4n) is 1.78. The highest BCUT2D eigenvalue weighted by Gasteiger charge is 2.08. The van der Waals surface area contributed by atoms with Crippen LogP contribution in [0.4, 0.5) is 5.69 Å². The maximum absolute atomic E-state index is 11.8. The number of nitrogens with one attached hydrogen (secondary N) is 1. The van der Waals surface area contributed by atoms with E-state index in [1.165, 1.54) is 24.3 Å². The van der Waals surface area contributed by atoms with Crippen LogP contribution in [0.2, 0.25) is 0 Å². The van der Waals surface area contributed by atoms with Gasteiger partial charge in [-0.3, -0.25) is 4.79 Å². The van der Waals surface area contributed by atoms with Crippen molar-refractivity contribution in [3.63, 3.8) is 0 Å². The lowest BCUT2D eigenvalue weighted by molar-refractivity contribution is -0.118. The zero-order valence-electron chi connectivity index (χ0n) is 12.2. The van der Waals surface area contributed by atoms with Crippen LogP contribution in [-0.4, -0.2) is 20.9 Å². The van der Waals surface area contributed by atoms with Crippen molar-refractivity contribution in [1.82, 2.24) is 0 Å². The molecule has 0 aliphatic carbocycles. The summed E-state index contributed by atoms with van der Waals surface area (Å²) in [5.41, 5.74) is 1.46. The van der Waals surface area contributed by atoms with Crippen LogP contribution in [0.5, 0.6) is 5.75 Å². The van der Waals surface area contributed by atoms with Crippen molar-refractivity contribution < 1.29 is 17.9 Å². The van der Waals surface area contributed by atoms with Gasteiger partial charge in [-0.15, -0.1) is 0 Å². The molecule has 3 N–H and O–H groups in total. The average molecular weight is 399 g/mol. The molecule has 0 bridgehead atoms. The second-order valence-electron chi connectivity index (χ2n) is 4.82. The van der Waals surface area contributed by atoms with Crippen molar-refractivity contribution >= 4 is 37.5 Å². The van der Waals surface area contributed by atoms with E-state index < -0.39 is 10.0 Å². The molecule has 0 aromatic heterocycles. The summed E-state index contributed by atoms with van der Waals surface area (Å²) in [5.74, 6) is 0.236. The largest absolute Gasteiger partial charge is 0.484 e. The third-order valence-corrected chi connectivity index (χ3v) is 4.78. The van der Waals surface area contributed by atoms with Crippen LogP contribution in [0, 0.1) is 6.92 Å². The number of hydrogen-bond acceptors (Lipinski definition) is 4. The molecular weight excluding hydrogens is 384 g/mol. The quantitative estimate of drug-likeness (QED) is 0.807. The Bertz CT molecular complexity index is 820. The maximum Gasteiger partial charge on any atom is 0.262 e. The predicted molar refractivity (Wildman–Crippen MR) is 90.8 cm³/mol. The highest BCUT2D eigenvalue weighted by atomic mass is 79.9. The third kappa shape index (κ3) is 5.05. The van der Waals surface area contributed by atoms with E-state index in [4.69, 9.17) is 9.88 Å². The minimum absolute atomic E-state index is 0.0166. The molecule has 0 aliphatic heterocycles. The predicted octanol–water partition coefficient (Wildman–Crippen LogP) is 2.42. The molecule has 8 heteroatoms. The number of carbonyl (C=O) groups excluding carboxylic acids is 1. The molecule has 0 heterocycles. The number of rotatable bonds is 5. The van der Waals surface area contributed by atoms with Gasteiger partial charge in [0.2, 0.25) is 10.0 Å². The number of sulfonamides is 1.